The molecule has 2 aromatic carbocycles. The van der Waals surface area contributed by atoms with Crippen molar-refractivity contribution in [3.05, 3.63) is 83.6 Å². The minimum atomic E-state index is -3.82. The van der Waals surface area contributed by atoms with E-state index in [0.29, 0.717) is 11.3 Å². The van der Waals surface area contributed by atoms with E-state index in [1.165, 1.54) is 30.6 Å². The molecule has 0 bridgehead atoms. The first-order valence-corrected chi connectivity index (χ1v) is 14.5. The SMILES string of the molecule is COc1ccc(S(=O)(=O)N(C)C[C@@H]2Oc3ncc(C=Cc4ccccc4)cc3C(=O)N([C@@H](C)CO)C[C@H]2C)cc1. The number of hydrogen-bond acceptors (Lipinski definition) is 7. The van der Waals surface area contributed by atoms with Gasteiger partial charge in [0.15, 0.2) is 0 Å². The fourth-order valence-corrected chi connectivity index (χ4v) is 5.65. The van der Waals surface area contributed by atoms with Crippen LogP contribution < -0.4 is 9.47 Å². The van der Waals surface area contributed by atoms with Crippen LogP contribution in [-0.4, -0.2) is 79.6 Å². The molecule has 10 heteroatoms. The second kappa shape index (κ2) is 12.6. The lowest BCUT2D eigenvalue weighted by atomic mass is 10.00. The number of carbonyl (C=O) groups excluding carboxylic acids is 1. The molecular formula is C30H35N3O6S. The van der Waals surface area contributed by atoms with Crippen LogP contribution in [0.15, 0.2) is 71.8 Å². The van der Waals surface area contributed by atoms with Crippen LogP contribution in [0, 0.1) is 5.92 Å². The number of methoxy groups -OCH3 is 1. The van der Waals surface area contributed by atoms with Gasteiger partial charge in [0.2, 0.25) is 15.9 Å². The van der Waals surface area contributed by atoms with E-state index in [-0.39, 0.29) is 47.9 Å². The number of hydrogen-bond donors (Lipinski definition) is 1. The molecule has 0 saturated heterocycles. The van der Waals surface area contributed by atoms with Gasteiger partial charge in [-0.05, 0) is 48.4 Å². The van der Waals surface area contributed by atoms with Crippen molar-refractivity contribution >= 4 is 28.1 Å². The van der Waals surface area contributed by atoms with Gasteiger partial charge in [0.25, 0.3) is 5.91 Å². The number of rotatable bonds is 9. The zero-order chi connectivity index (χ0) is 28.9. The van der Waals surface area contributed by atoms with Gasteiger partial charge in [-0.3, -0.25) is 4.79 Å². The van der Waals surface area contributed by atoms with E-state index in [1.807, 2.05) is 49.4 Å². The normalized spacial score (nSPS) is 18.6. The fraction of sp³-hybridized carbons (Fsp3) is 0.333. The van der Waals surface area contributed by atoms with Gasteiger partial charge in [-0.15, -0.1) is 0 Å². The summed E-state index contributed by atoms with van der Waals surface area (Å²) in [6.07, 6.45) is 4.79. The molecule has 1 amide bonds. The predicted octanol–water partition coefficient (Wildman–Crippen LogP) is 3.80. The first kappa shape index (κ1) is 29.3. The third kappa shape index (κ3) is 6.52. The average Bonchev–Trinajstić information content (AvgIpc) is 2.98. The second-order valence-corrected chi connectivity index (χ2v) is 12.0. The van der Waals surface area contributed by atoms with Gasteiger partial charge in [-0.1, -0.05) is 49.4 Å². The first-order chi connectivity index (χ1) is 19.1. The number of fused-ring (bicyclic) bond motifs is 1. The Balaban J connectivity index is 1.65. The molecule has 3 aromatic rings. The Morgan fingerprint density at radius 2 is 1.82 bits per heavy atom. The van der Waals surface area contributed by atoms with Crippen LogP contribution in [0.4, 0.5) is 0 Å². The van der Waals surface area contributed by atoms with Crippen LogP contribution in [0.5, 0.6) is 11.6 Å². The van der Waals surface area contributed by atoms with Gasteiger partial charge >= 0.3 is 0 Å². The molecule has 0 aliphatic carbocycles. The molecule has 0 fully saturated rings. The van der Waals surface area contributed by atoms with E-state index in [0.717, 1.165) is 5.56 Å². The van der Waals surface area contributed by atoms with Gasteiger partial charge in [-0.2, -0.15) is 4.31 Å². The minimum Gasteiger partial charge on any atom is -0.497 e. The number of aliphatic hydroxyl groups is 1. The lowest BCUT2D eigenvalue weighted by Crippen LogP contribution is -2.50. The van der Waals surface area contributed by atoms with Gasteiger partial charge in [0.1, 0.15) is 17.4 Å². The molecular weight excluding hydrogens is 530 g/mol. The lowest BCUT2D eigenvalue weighted by Gasteiger charge is -2.37. The summed E-state index contributed by atoms with van der Waals surface area (Å²) in [5.74, 6) is 0.119. The van der Waals surface area contributed by atoms with Crippen molar-refractivity contribution in [3.63, 3.8) is 0 Å². The van der Waals surface area contributed by atoms with Crippen LogP contribution >= 0.6 is 0 Å². The lowest BCUT2D eigenvalue weighted by molar-refractivity contribution is 0.0373. The quantitative estimate of drug-likeness (QED) is 0.420. The number of aliphatic hydroxyl groups excluding tert-OH is 1. The topological polar surface area (TPSA) is 109 Å². The molecule has 9 nitrogen and oxygen atoms in total. The minimum absolute atomic E-state index is 0.0296. The molecule has 212 valence electrons. The number of sulfonamides is 1. The van der Waals surface area contributed by atoms with Gasteiger partial charge in [0, 0.05) is 25.7 Å². The van der Waals surface area contributed by atoms with Gasteiger partial charge in [-0.25, -0.2) is 13.4 Å². The number of ether oxygens (including phenoxy) is 2. The van der Waals surface area contributed by atoms with Crippen molar-refractivity contribution in [1.82, 2.24) is 14.2 Å². The summed E-state index contributed by atoms with van der Waals surface area (Å²) in [5.41, 5.74) is 1.97. The van der Waals surface area contributed by atoms with E-state index < -0.39 is 22.2 Å². The zero-order valence-electron chi connectivity index (χ0n) is 23.1. The highest BCUT2D eigenvalue weighted by molar-refractivity contribution is 7.89. The Hall–Kier alpha value is -3.73. The Morgan fingerprint density at radius 3 is 2.48 bits per heavy atom. The Bertz CT molecular complexity index is 1440. The maximum Gasteiger partial charge on any atom is 0.259 e. The summed E-state index contributed by atoms with van der Waals surface area (Å²) in [6.45, 7) is 3.75. The highest BCUT2D eigenvalue weighted by atomic mass is 32.2. The molecule has 1 N–H and O–H groups in total. The maximum atomic E-state index is 13.6. The molecule has 0 saturated carbocycles. The van der Waals surface area contributed by atoms with Crippen molar-refractivity contribution in [1.29, 1.82) is 0 Å². The molecule has 1 aromatic heterocycles. The smallest absolute Gasteiger partial charge is 0.259 e. The predicted molar refractivity (Wildman–Crippen MR) is 154 cm³/mol. The van der Waals surface area contributed by atoms with Crippen molar-refractivity contribution in [2.24, 2.45) is 5.92 Å². The molecule has 0 unspecified atom stereocenters. The van der Waals surface area contributed by atoms with Crippen LogP contribution in [-0.2, 0) is 10.0 Å². The van der Waals surface area contributed by atoms with Crippen LogP contribution in [0.25, 0.3) is 12.2 Å². The summed E-state index contributed by atoms with van der Waals surface area (Å²) in [6, 6.07) is 17.2. The summed E-state index contributed by atoms with van der Waals surface area (Å²) in [4.78, 5) is 19.8. The van der Waals surface area contributed by atoms with Crippen LogP contribution in [0.3, 0.4) is 0 Å². The number of amides is 1. The summed E-state index contributed by atoms with van der Waals surface area (Å²) in [7, 11) is -0.807. The highest BCUT2D eigenvalue weighted by Crippen LogP contribution is 2.29. The molecule has 1 aliphatic heterocycles. The van der Waals surface area contributed by atoms with Crippen molar-refractivity contribution in [3.8, 4) is 11.6 Å². The Labute approximate surface area is 235 Å². The summed E-state index contributed by atoms with van der Waals surface area (Å²) >= 11 is 0. The first-order valence-electron chi connectivity index (χ1n) is 13.1. The number of aromatic nitrogens is 1. The maximum absolute atomic E-state index is 13.6. The Kier molecular flexibility index (Phi) is 9.24. The number of carbonyl (C=O) groups is 1. The van der Waals surface area contributed by atoms with Crippen molar-refractivity contribution in [2.75, 3.05) is 33.9 Å². The van der Waals surface area contributed by atoms with E-state index in [9.17, 15) is 18.3 Å². The molecule has 0 radical (unpaired) electrons. The van der Waals surface area contributed by atoms with E-state index >= 15 is 0 Å². The zero-order valence-corrected chi connectivity index (χ0v) is 23.9. The largest absolute Gasteiger partial charge is 0.497 e. The van der Waals surface area contributed by atoms with Crippen LogP contribution in [0.2, 0.25) is 0 Å². The van der Waals surface area contributed by atoms with Crippen molar-refractivity contribution < 1.29 is 27.8 Å². The van der Waals surface area contributed by atoms with Gasteiger partial charge in [0.05, 0.1) is 31.2 Å². The monoisotopic (exact) mass is 565 g/mol. The highest BCUT2D eigenvalue weighted by Gasteiger charge is 2.35. The molecule has 0 spiro atoms. The van der Waals surface area contributed by atoms with Gasteiger partial charge < -0.3 is 19.5 Å². The third-order valence-corrected chi connectivity index (χ3v) is 8.85. The second-order valence-electron chi connectivity index (χ2n) is 9.95. The standard InChI is InChI=1S/C30H35N3O6S/c1-21-18-33(22(2)20-34)30(35)27-16-24(11-10-23-8-6-5-7-9-23)17-31-29(27)39-28(21)19-32(3)40(36,37)26-14-12-25(38-4)13-15-26/h5-17,21-22,28,34H,18-20H2,1-4H3/t21-,22+,28+/m1/s1. The fourth-order valence-electron chi connectivity index (χ4n) is 4.46. The number of nitrogens with zero attached hydrogens (tertiary/aromatic N) is 3. The molecule has 2 heterocycles. The number of likely N-dealkylation sites (N-methyl/N-ethyl adjacent to an activating group) is 1. The molecule has 4 rings (SSSR count). The van der Waals surface area contributed by atoms with E-state index in [2.05, 4.69) is 4.98 Å². The molecule has 40 heavy (non-hydrogen) atoms. The average molecular weight is 566 g/mol. The third-order valence-electron chi connectivity index (χ3n) is 7.01. The number of benzene rings is 2. The molecule has 1 aliphatic rings. The Morgan fingerprint density at radius 1 is 1.15 bits per heavy atom. The summed E-state index contributed by atoms with van der Waals surface area (Å²) in [5, 5.41) is 9.90. The number of pyridine rings is 1. The van der Waals surface area contributed by atoms with Crippen molar-refractivity contribution in [2.45, 2.75) is 30.9 Å². The molecule has 3 atom stereocenters. The van der Waals surface area contributed by atoms with E-state index in [4.69, 9.17) is 9.47 Å². The van der Waals surface area contributed by atoms with E-state index in [1.54, 1.807) is 36.2 Å². The van der Waals surface area contributed by atoms with Crippen LogP contribution in [0.1, 0.15) is 35.3 Å². The summed E-state index contributed by atoms with van der Waals surface area (Å²) < 4.78 is 39.3.